The second-order valence-electron chi connectivity index (χ2n) is 2.99. The predicted molar refractivity (Wildman–Crippen MR) is 71.3 cm³/mol. The molecule has 2 rings (SSSR count). The van der Waals surface area contributed by atoms with Crippen LogP contribution in [0.1, 0.15) is 10.4 Å². The highest BCUT2D eigenvalue weighted by atomic mass is 79.9. The summed E-state index contributed by atoms with van der Waals surface area (Å²) >= 11 is 6.40. The molecule has 0 saturated heterocycles. The first kappa shape index (κ1) is 11.8. The molecule has 1 aromatic heterocycles. The molecular formula is C11H8BrNOS2. The van der Waals surface area contributed by atoms with Crippen LogP contribution in [-0.4, -0.2) is 16.5 Å². The highest BCUT2D eigenvalue weighted by molar-refractivity contribution is 9.10. The molecule has 0 bridgehead atoms. The Morgan fingerprint density at radius 1 is 1.44 bits per heavy atom. The molecule has 0 aliphatic heterocycles. The zero-order chi connectivity index (χ0) is 11.4. The average molecular weight is 314 g/mol. The van der Waals surface area contributed by atoms with Crippen LogP contribution >= 0.6 is 39.0 Å². The van der Waals surface area contributed by atoms with Gasteiger partial charge >= 0.3 is 0 Å². The highest BCUT2D eigenvalue weighted by Gasteiger charge is 2.10. The van der Waals surface area contributed by atoms with Crippen molar-refractivity contribution in [3.8, 4) is 0 Å². The lowest BCUT2D eigenvalue weighted by molar-refractivity contribution is 0.102. The Morgan fingerprint density at radius 3 is 2.94 bits per heavy atom. The van der Waals surface area contributed by atoms with Crippen molar-refractivity contribution in [3.05, 3.63) is 45.9 Å². The molecule has 0 saturated carbocycles. The van der Waals surface area contributed by atoms with Gasteiger partial charge in [-0.15, -0.1) is 11.3 Å². The van der Waals surface area contributed by atoms with Crippen LogP contribution in [0.3, 0.4) is 0 Å². The largest absolute Gasteiger partial charge is 0.293 e. The van der Waals surface area contributed by atoms with Gasteiger partial charge in [0.25, 0.3) is 0 Å². The predicted octanol–water partition coefficient (Wildman–Crippen LogP) is 3.88. The maximum Gasteiger partial charge on any atom is 0.174 e. The maximum absolute atomic E-state index is 11.9. The fourth-order valence-electron chi connectivity index (χ4n) is 1.17. The van der Waals surface area contributed by atoms with E-state index in [4.69, 9.17) is 0 Å². The standard InChI is InChI=1S/C11H8BrNOS2/c12-9-4-2-1-3-8(9)10(14)7-16-11-13-5-6-15-11/h1-6H,7H2. The molecule has 0 unspecified atom stereocenters. The topological polar surface area (TPSA) is 30.0 Å². The molecule has 1 aromatic carbocycles. The smallest absolute Gasteiger partial charge is 0.174 e. The van der Waals surface area contributed by atoms with Gasteiger partial charge in [0.2, 0.25) is 0 Å². The Kier molecular flexibility index (Phi) is 4.15. The number of halogens is 1. The van der Waals surface area contributed by atoms with E-state index in [1.54, 1.807) is 17.5 Å². The summed E-state index contributed by atoms with van der Waals surface area (Å²) in [5, 5.41) is 1.91. The van der Waals surface area contributed by atoms with E-state index in [2.05, 4.69) is 20.9 Å². The molecule has 0 fully saturated rings. The minimum absolute atomic E-state index is 0.118. The third-order valence-corrected chi connectivity index (χ3v) is 4.57. The lowest BCUT2D eigenvalue weighted by atomic mass is 10.1. The number of hydrogen-bond donors (Lipinski definition) is 0. The molecule has 2 aromatic rings. The summed E-state index contributed by atoms with van der Waals surface area (Å²) in [5.74, 6) is 0.545. The normalized spacial score (nSPS) is 10.3. The van der Waals surface area contributed by atoms with Crippen LogP contribution in [0.5, 0.6) is 0 Å². The van der Waals surface area contributed by atoms with Gasteiger partial charge in [-0.05, 0) is 6.07 Å². The number of nitrogens with zero attached hydrogens (tertiary/aromatic N) is 1. The summed E-state index contributed by atoms with van der Waals surface area (Å²) < 4.78 is 1.78. The van der Waals surface area contributed by atoms with Crippen LogP contribution in [0.25, 0.3) is 0 Å². The number of hydrogen-bond acceptors (Lipinski definition) is 4. The van der Waals surface area contributed by atoms with Gasteiger partial charge in [0.05, 0.1) is 5.75 Å². The maximum atomic E-state index is 11.9. The molecule has 0 aliphatic carbocycles. The minimum Gasteiger partial charge on any atom is -0.293 e. The first-order valence-corrected chi connectivity index (χ1v) is 7.23. The Bertz CT molecular complexity index is 484. The van der Waals surface area contributed by atoms with Gasteiger partial charge in [-0.2, -0.15) is 0 Å². The number of thioether (sulfide) groups is 1. The van der Waals surface area contributed by atoms with E-state index in [9.17, 15) is 4.79 Å². The number of ketones is 1. The van der Waals surface area contributed by atoms with E-state index in [-0.39, 0.29) is 5.78 Å². The first-order chi connectivity index (χ1) is 7.77. The molecule has 0 radical (unpaired) electrons. The van der Waals surface area contributed by atoms with Crippen molar-refractivity contribution >= 4 is 44.8 Å². The summed E-state index contributed by atoms with van der Waals surface area (Å²) in [6, 6.07) is 7.47. The van der Waals surface area contributed by atoms with E-state index >= 15 is 0 Å². The quantitative estimate of drug-likeness (QED) is 0.634. The highest BCUT2D eigenvalue weighted by Crippen LogP contribution is 2.23. The minimum atomic E-state index is 0.118. The van der Waals surface area contributed by atoms with Crippen molar-refractivity contribution in [2.24, 2.45) is 0 Å². The van der Waals surface area contributed by atoms with Gasteiger partial charge in [0.1, 0.15) is 4.34 Å². The van der Waals surface area contributed by atoms with E-state index in [1.165, 1.54) is 11.8 Å². The molecule has 82 valence electrons. The summed E-state index contributed by atoms with van der Waals surface area (Å²) in [6.07, 6.45) is 1.75. The first-order valence-electron chi connectivity index (χ1n) is 4.57. The lowest BCUT2D eigenvalue weighted by Crippen LogP contribution is -2.02. The molecule has 16 heavy (non-hydrogen) atoms. The van der Waals surface area contributed by atoms with E-state index in [0.717, 1.165) is 14.4 Å². The number of Topliss-reactive ketones (excluding diaryl/α,β-unsaturated/α-hetero) is 1. The number of carbonyl (C=O) groups is 1. The summed E-state index contributed by atoms with van der Waals surface area (Å²) in [6.45, 7) is 0. The molecule has 0 N–H and O–H groups in total. The Morgan fingerprint density at radius 2 is 2.25 bits per heavy atom. The number of thiazole rings is 1. The van der Waals surface area contributed by atoms with Crippen molar-refractivity contribution in [3.63, 3.8) is 0 Å². The van der Waals surface area contributed by atoms with Gasteiger partial charge < -0.3 is 0 Å². The second-order valence-corrected chi connectivity index (χ2v) is 5.96. The van der Waals surface area contributed by atoms with Crippen LogP contribution in [0.4, 0.5) is 0 Å². The van der Waals surface area contributed by atoms with Gasteiger partial charge in [-0.25, -0.2) is 4.98 Å². The molecule has 0 atom stereocenters. The molecular weight excluding hydrogens is 306 g/mol. The number of benzene rings is 1. The van der Waals surface area contributed by atoms with E-state index < -0.39 is 0 Å². The SMILES string of the molecule is O=C(CSc1nccs1)c1ccccc1Br. The van der Waals surface area contributed by atoms with Crippen molar-refractivity contribution in [1.82, 2.24) is 4.98 Å². The average Bonchev–Trinajstić information content (AvgIpc) is 2.79. The number of carbonyl (C=O) groups excluding carboxylic acids is 1. The Balaban J connectivity index is 2.01. The van der Waals surface area contributed by atoms with Crippen molar-refractivity contribution in [2.45, 2.75) is 4.34 Å². The fourth-order valence-corrected chi connectivity index (χ4v) is 3.20. The molecule has 0 aliphatic rings. The molecule has 0 spiro atoms. The lowest BCUT2D eigenvalue weighted by Gasteiger charge is -2.01. The monoisotopic (exact) mass is 313 g/mol. The van der Waals surface area contributed by atoms with Crippen LogP contribution < -0.4 is 0 Å². The van der Waals surface area contributed by atoms with Crippen LogP contribution in [0.2, 0.25) is 0 Å². The van der Waals surface area contributed by atoms with Crippen molar-refractivity contribution < 1.29 is 4.79 Å². The Hall–Kier alpha value is -0.650. The van der Waals surface area contributed by atoms with Gasteiger partial charge in [-0.1, -0.05) is 45.9 Å². The van der Waals surface area contributed by atoms with E-state index in [1.807, 2.05) is 29.6 Å². The summed E-state index contributed by atoms with van der Waals surface area (Å²) in [5.41, 5.74) is 0.728. The van der Waals surface area contributed by atoms with Crippen LogP contribution in [0.15, 0.2) is 44.7 Å². The van der Waals surface area contributed by atoms with Gasteiger partial charge in [0.15, 0.2) is 5.78 Å². The zero-order valence-corrected chi connectivity index (χ0v) is 11.4. The number of rotatable bonds is 4. The van der Waals surface area contributed by atoms with Gasteiger partial charge in [-0.3, -0.25) is 4.79 Å². The number of aromatic nitrogens is 1. The Labute approximate surface area is 110 Å². The molecule has 1 heterocycles. The van der Waals surface area contributed by atoms with Crippen molar-refractivity contribution in [2.75, 3.05) is 5.75 Å². The van der Waals surface area contributed by atoms with Crippen molar-refractivity contribution in [1.29, 1.82) is 0 Å². The second kappa shape index (κ2) is 5.61. The van der Waals surface area contributed by atoms with Crippen LogP contribution in [-0.2, 0) is 0 Å². The summed E-state index contributed by atoms with van der Waals surface area (Å²) in [4.78, 5) is 16.0. The molecule has 0 amide bonds. The molecule has 2 nitrogen and oxygen atoms in total. The van der Waals surface area contributed by atoms with Gasteiger partial charge in [0, 0.05) is 21.6 Å². The third-order valence-electron chi connectivity index (χ3n) is 1.91. The van der Waals surface area contributed by atoms with E-state index in [0.29, 0.717) is 5.75 Å². The van der Waals surface area contributed by atoms with Crippen LogP contribution in [0, 0.1) is 0 Å². The third kappa shape index (κ3) is 2.93. The molecule has 5 heteroatoms. The fraction of sp³-hybridized carbons (Fsp3) is 0.0909. The summed E-state index contributed by atoms with van der Waals surface area (Å²) in [7, 11) is 0. The zero-order valence-electron chi connectivity index (χ0n) is 8.22.